The molecular formula is C58H99N3O16. The summed E-state index contributed by atoms with van der Waals surface area (Å²) in [7, 11) is 3.53. The summed E-state index contributed by atoms with van der Waals surface area (Å²) >= 11 is 0. The van der Waals surface area contributed by atoms with Gasteiger partial charge >= 0.3 is 11.9 Å². The molecule has 442 valence electrons. The van der Waals surface area contributed by atoms with Gasteiger partial charge in [0.25, 0.3) is 0 Å². The summed E-state index contributed by atoms with van der Waals surface area (Å²) < 4.78 is 17.6. The number of esters is 2. The molecule has 0 radical (unpaired) electrons. The quantitative estimate of drug-likeness (QED) is 0.0326. The zero-order valence-corrected chi connectivity index (χ0v) is 47.6. The first-order valence-electron chi connectivity index (χ1n) is 27.9. The maximum absolute atomic E-state index is 13.7. The standard InChI is InChI=1S/C58H99N3O16/c1-35-20-17-22-39(5)54(38(4)19-15-13-11-12-14-16-26-61-57(59-9)60-10)76-56(73)40(6)23-18-21-36(2)49(67)33-50(68)42(8)47(65)25-24-37(3)52(70)34-58(74)55(72)51(69)32-46(77-58)30-43(63)28-45(29-44(64)31-48(35)66)75-53(71)27-41(7)62/h11-12,17-18,20-23,36-39,42-52,54-55,63-70,72,74H,13-16,19,24-34H2,1-10H3,(H2,59,60,61)/b12-11+,21-18+,22-17-,35-20-,40-23-/t36-,37-,38+,39+,42-,43+,44+,45+,46+,47+,48+,49-,50-,51+,52-,54+,55-,58-/m0/s1. The molecule has 0 aromatic rings. The average molecular weight is 1090 g/mol. The third-order valence-corrected chi connectivity index (χ3v) is 15.1. The van der Waals surface area contributed by atoms with E-state index in [1.807, 2.05) is 27.0 Å². The van der Waals surface area contributed by atoms with Gasteiger partial charge in [-0.15, -0.1) is 0 Å². The third-order valence-electron chi connectivity index (χ3n) is 15.1. The highest BCUT2D eigenvalue weighted by Crippen LogP contribution is 2.36. The molecule has 12 N–H and O–H groups in total. The maximum atomic E-state index is 13.7. The second kappa shape index (κ2) is 35.7. The van der Waals surface area contributed by atoms with E-state index in [0.29, 0.717) is 11.1 Å². The first-order valence-corrected chi connectivity index (χ1v) is 27.9. The van der Waals surface area contributed by atoms with Gasteiger partial charge in [0, 0.05) is 82.5 Å². The molecule has 19 heteroatoms. The minimum atomic E-state index is -2.45. The second-order valence-corrected chi connectivity index (χ2v) is 22.1. The molecule has 18 atom stereocenters. The number of hydrogen-bond donors (Lipinski definition) is 12. The molecule has 2 bridgehead atoms. The summed E-state index contributed by atoms with van der Waals surface area (Å²) in [6.07, 6.45) is 2.75. The number of ether oxygens (including phenoxy) is 3. The Morgan fingerprint density at radius 1 is 0.805 bits per heavy atom. The number of aliphatic hydroxyl groups is 10. The average Bonchev–Trinajstić information content (AvgIpc) is 3.35. The fourth-order valence-electron chi connectivity index (χ4n) is 9.71. The lowest BCUT2D eigenvalue weighted by molar-refractivity contribution is -0.333. The SMILES string of the molecule is CN=C(NC)NCCC/C=C/CCC[C@@H](C)[C@H]1OC(=O)/C(C)=C\C=C\[C@H](C)[C@@H](O)C[C@H](O)[C@@H](C)[C@H](O)CC[C@H](C)[C@@H](O)C[C@]2(O)O[C@H](C[C@H](O)C[C@@H](OC(=O)CC(C)=O)C[C@@H](O)C[C@@H](O)/C(C)=C\C=C/[C@H]1C)C[C@@H](O)[C@@H]2O. The van der Waals surface area contributed by atoms with Crippen LogP contribution in [0.2, 0.25) is 0 Å². The van der Waals surface area contributed by atoms with Crippen LogP contribution >= 0.6 is 0 Å². The van der Waals surface area contributed by atoms with Gasteiger partial charge in [-0.05, 0) is 89.5 Å². The van der Waals surface area contributed by atoms with Crippen LogP contribution in [0.15, 0.2) is 64.7 Å². The summed E-state index contributed by atoms with van der Waals surface area (Å²) in [6, 6.07) is 0. The number of carbonyl (C=O) groups is 3. The lowest BCUT2D eigenvalue weighted by atomic mass is 9.84. The molecular weight excluding hydrogens is 995 g/mol. The first-order chi connectivity index (χ1) is 36.2. The first kappa shape index (κ1) is 69.2. The number of aliphatic hydroxyl groups excluding tert-OH is 9. The van der Waals surface area contributed by atoms with Crippen molar-refractivity contribution >= 4 is 23.7 Å². The number of fused-ring (bicyclic) bond motifs is 2. The Morgan fingerprint density at radius 2 is 1.43 bits per heavy atom. The summed E-state index contributed by atoms with van der Waals surface area (Å²) in [5.41, 5.74) is 0.823. The normalized spacial score (nSPS) is 37.6. The third kappa shape index (κ3) is 25.9. The molecule has 0 aliphatic carbocycles. The highest BCUT2D eigenvalue weighted by Gasteiger charge is 2.50. The van der Waals surface area contributed by atoms with Crippen LogP contribution in [0.1, 0.15) is 152 Å². The van der Waals surface area contributed by atoms with Gasteiger partial charge in [0.05, 0.1) is 54.9 Å². The summed E-state index contributed by atoms with van der Waals surface area (Å²) in [6.45, 7) is 14.4. The molecule has 77 heavy (non-hydrogen) atoms. The lowest BCUT2D eigenvalue weighted by Crippen LogP contribution is -2.59. The minimum Gasteiger partial charge on any atom is -0.462 e. The number of rotatable bonds is 12. The van der Waals surface area contributed by atoms with E-state index in [1.165, 1.54) is 6.92 Å². The van der Waals surface area contributed by atoms with E-state index in [9.17, 15) is 65.4 Å². The number of aliphatic imine (C=N–C) groups is 1. The molecule has 2 aliphatic rings. The smallest absolute Gasteiger partial charge is 0.334 e. The van der Waals surface area contributed by atoms with Crippen LogP contribution in [-0.4, -0.2) is 174 Å². The van der Waals surface area contributed by atoms with Gasteiger partial charge in [-0.3, -0.25) is 14.6 Å². The number of nitrogens with one attached hydrogen (secondary N) is 2. The highest BCUT2D eigenvalue weighted by molar-refractivity contribution is 5.94. The molecule has 1 saturated heterocycles. The van der Waals surface area contributed by atoms with Gasteiger partial charge in [-0.1, -0.05) is 83.2 Å². The van der Waals surface area contributed by atoms with Crippen molar-refractivity contribution in [2.45, 2.75) is 231 Å². The Hall–Kier alpha value is -3.86. The molecule has 2 rings (SSSR count). The van der Waals surface area contributed by atoms with Gasteiger partial charge in [-0.2, -0.15) is 0 Å². The van der Waals surface area contributed by atoms with E-state index in [0.717, 1.165) is 44.6 Å². The number of cyclic esters (lactones) is 1. The largest absolute Gasteiger partial charge is 0.462 e. The van der Waals surface area contributed by atoms with Crippen molar-refractivity contribution in [1.29, 1.82) is 0 Å². The van der Waals surface area contributed by atoms with E-state index in [4.69, 9.17) is 14.2 Å². The fraction of sp³-hybridized carbons (Fsp3) is 0.759. The van der Waals surface area contributed by atoms with Crippen LogP contribution in [0.25, 0.3) is 0 Å². The van der Waals surface area contributed by atoms with Gasteiger partial charge in [0.1, 0.15) is 30.5 Å². The van der Waals surface area contributed by atoms with Gasteiger partial charge < -0.3 is 75.9 Å². The fourth-order valence-corrected chi connectivity index (χ4v) is 9.71. The monoisotopic (exact) mass is 1090 g/mol. The Morgan fingerprint density at radius 3 is 2.06 bits per heavy atom. The van der Waals surface area contributed by atoms with E-state index >= 15 is 0 Å². The summed E-state index contributed by atoms with van der Waals surface area (Å²) in [4.78, 5) is 42.3. The zero-order chi connectivity index (χ0) is 58.0. The van der Waals surface area contributed by atoms with Crippen LogP contribution in [0.3, 0.4) is 0 Å². The summed E-state index contributed by atoms with van der Waals surface area (Å²) in [5.74, 6) is -5.61. The van der Waals surface area contributed by atoms with Crippen LogP contribution in [-0.2, 0) is 28.6 Å². The predicted octanol–water partition coefficient (Wildman–Crippen LogP) is 4.14. The number of carbonyl (C=O) groups excluding carboxylic acids is 3. The van der Waals surface area contributed by atoms with Crippen molar-refractivity contribution in [1.82, 2.24) is 10.6 Å². The molecule has 2 aliphatic heterocycles. The number of allylic oxidation sites excluding steroid dienone is 6. The molecule has 0 aromatic carbocycles. The number of hydrogen-bond acceptors (Lipinski definition) is 17. The second-order valence-electron chi connectivity index (χ2n) is 22.1. The molecule has 19 nitrogen and oxygen atoms in total. The number of unbranched alkanes of at least 4 members (excludes halogenated alkanes) is 2. The lowest BCUT2D eigenvalue weighted by Gasteiger charge is -2.45. The Bertz CT molecular complexity index is 1940. The van der Waals surface area contributed by atoms with Crippen molar-refractivity contribution in [3.63, 3.8) is 0 Å². The van der Waals surface area contributed by atoms with Crippen LogP contribution < -0.4 is 10.6 Å². The van der Waals surface area contributed by atoms with E-state index in [-0.39, 0.29) is 63.2 Å². The van der Waals surface area contributed by atoms with E-state index in [1.54, 1.807) is 72.0 Å². The minimum absolute atomic E-state index is 0.0538. The van der Waals surface area contributed by atoms with Crippen molar-refractivity contribution in [2.75, 3.05) is 20.6 Å². The molecule has 0 unspecified atom stereocenters. The Balaban J connectivity index is 2.44. The topological polar surface area (TPSA) is 318 Å². The van der Waals surface area contributed by atoms with Gasteiger partial charge in [0.15, 0.2) is 11.7 Å². The van der Waals surface area contributed by atoms with E-state index < -0.39 is 127 Å². The van der Waals surface area contributed by atoms with Crippen LogP contribution in [0, 0.1) is 29.6 Å². The molecule has 2 heterocycles. The highest BCUT2D eigenvalue weighted by atomic mass is 16.7. The molecule has 1 fully saturated rings. The Kier molecular flexibility index (Phi) is 32.1. The van der Waals surface area contributed by atoms with Crippen molar-refractivity contribution in [3.8, 4) is 0 Å². The van der Waals surface area contributed by atoms with Gasteiger partial charge in [-0.25, -0.2) is 4.79 Å². The molecule has 0 spiro atoms. The van der Waals surface area contributed by atoms with E-state index in [2.05, 4.69) is 27.8 Å². The predicted molar refractivity (Wildman–Crippen MR) is 295 cm³/mol. The summed E-state index contributed by atoms with van der Waals surface area (Å²) in [5, 5.41) is 118. The number of Topliss-reactive ketones (excluding diaryl/α,β-unsaturated/α-hetero) is 1. The van der Waals surface area contributed by atoms with Crippen molar-refractivity contribution in [2.24, 2.45) is 34.6 Å². The molecule has 0 amide bonds. The number of nitrogens with zero attached hydrogens (tertiary/aromatic N) is 1. The Labute approximate surface area is 458 Å². The van der Waals surface area contributed by atoms with Crippen molar-refractivity contribution in [3.05, 3.63) is 59.8 Å². The molecule has 0 aromatic heterocycles. The molecule has 0 saturated carbocycles. The van der Waals surface area contributed by atoms with Gasteiger partial charge in [0.2, 0.25) is 0 Å². The number of guanidine groups is 1. The van der Waals surface area contributed by atoms with Crippen molar-refractivity contribution < 1.29 is 79.7 Å². The zero-order valence-electron chi connectivity index (χ0n) is 47.6. The van der Waals surface area contributed by atoms with Crippen LogP contribution in [0.4, 0.5) is 0 Å². The maximum Gasteiger partial charge on any atom is 0.334 e. The van der Waals surface area contributed by atoms with Crippen LogP contribution in [0.5, 0.6) is 0 Å². The number of ketones is 1.